The predicted molar refractivity (Wildman–Crippen MR) is 87.6 cm³/mol. The number of amides is 1. The van der Waals surface area contributed by atoms with E-state index in [-0.39, 0.29) is 5.91 Å². The van der Waals surface area contributed by atoms with E-state index in [0.717, 1.165) is 24.5 Å². The van der Waals surface area contributed by atoms with Crippen LogP contribution in [0.1, 0.15) is 16.8 Å². The molecule has 0 spiro atoms. The molecule has 108 valence electrons. The number of aromatic nitrogens is 1. The van der Waals surface area contributed by atoms with Gasteiger partial charge in [-0.2, -0.15) is 0 Å². The first kappa shape index (κ1) is 13.9. The molecule has 2 aromatic rings. The number of nitrogens with zero attached hydrogens (tertiary/aromatic N) is 2. The number of hydrogen-bond acceptors (Lipinski definition) is 4. The number of hydrogen-bond donors (Lipinski definition) is 2. The quantitative estimate of drug-likeness (QED) is 0.838. The van der Waals surface area contributed by atoms with Crippen molar-refractivity contribution in [1.29, 1.82) is 0 Å². The molecule has 1 aliphatic rings. The van der Waals surface area contributed by atoms with Gasteiger partial charge in [-0.15, -0.1) is 0 Å². The van der Waals surface area contributed by atoms with Crippen molar-refractivity contribution in [1.82, 2.24) is 4.98 Å². The molecule has 1 aliphatic heterocycles. The lowest BCUT2D eigenvalue weighted by Gasteiger charge is -2.33. The Balaban J connectivity index is 1.79. The fourth-order valence-corrected chi connectivity index (χ4v) is 2.52. The van der Waals surface area contributed by atoms with Crippen LogP contribution in [0.2, 0.25) is 0 Å². The van der Waals surface area contributed by atoms with Crippen molar-refractivity contribution in [3.63, 3.8) is 0 Å². The van der Waals surface area contributed by atoms with Gasteiger partial charge in [0, 0.05) is 24.5 Å². The third kappa shape index (κ3) is 3.00. The van der Waals surface area contributed by atoms with Crippen LogP contribution in [0, 0.1) is 0 Å². The molecule has 6 heteroatoms. The first-order valence-corrected chi connectivity index (χ1v) is 7.50. The minimum Gasteiger partial charge on any atom is -0.397 e. The van der Waals surface area contributed by atoms with E-state index in [0.29, 0.717) is 15.9 Å². The summed E-state index contributed by atoms with van der Waals surface area (Å²) in [7, 11) is 0. The molecule has 1 aromatic carbocycles. The van der Waals surface area contributed by atoms with Gasteiger partial charge >= 0.3 is 0 Å². The highest BCUT2D eigenvalue weighted by Gasteiger charge is 2.15. The van der Waals surface area contributed by atoms with Gasteiger partial charge in [-0.1, -0.05) is 6.07 Å². The van der Waals surface area contributed by atoms with E-state index in [9.17, 15) is 4.79 Å². The van der Waals surface area contributed by atoms with Gasteiger partial charge in [-0.05, 0) is 46.6 Å². The molecular formula is C15H15BrN4O. The largest absolute Gasteiger partial charge is 0.397 e. The summed E-state index contributed by atoms with van der Waals surface area (Å²) in [6.45, 7) is 2.14. The summed E-state index contributed by atoms with van der Waals surface area (Å²) in [5, 5.41) is 2.88. The minimum absolute atomic E-state index is 0.239. The molecular weight excluding hydrogens is 332 g/mol. The third-order valence-corrected chi connectivity index (χ3v) is 3.90. The zero-order valence-electron chi connectivity index (χ0n) is 11.3. The zero-order valence-corrected chi connectivity index (χ0v) is 12.9. The Morgan fingerprint density at radius 3 is 2.86 bits per heavy atom. The summed E-state index contributed by atoms with van der Waals surface area (Å²) in [6.07, 6.45) is 2.69. The molecule has 3 N–H and O–H groups in total. The van der Waals surface area contributed by atoms with E-state index in [2.05, 4.69) is 31.1 Å². The van der Waals surface area contributed by atoms with Crippen molar-refractivity contribution < 1.29 is 4.79 Å². The average molecular weight is 347 g/mol. The maximum Gasteiger partial charge on any atom is 0.257 e. The number of anilines is 3. The number of rotatable bonds is 3. The molecule has 0 saturated carbocycles. The Morgan fingerprint density at radius 2 is 2.14 bits per heavy atom. The van der Waals surface area contributed by atoms with Crippen LogP contribution in [-0.2, 0) is 0 Å². The van der Waals surface area contributed by atoms with Crippen molar-refractivity contribution in [2.45, 2.75) is 6.42 Å². The SMILES string of the molecule is Nc1cnc(Br)cc1C(=O)Nc1cccc(N2CCC2)c1. The van der Waals surface area contributed by atoms with E-state index in [1.807, 2.05) is 24.3 Å². The third-order valence-electron chi connectivity index (χ3n) is 3.47. The number of pyridine rings is 1. The van der Waals surface area contributed by atoms with Gasteiger partial charge in [0.1, 0.15) is 4.60 Å². The van der Waals surface area contributed by atoms with Gasteiger partial charge in [0.25, 0.3) is 5.91 Å². The standard InChI is InChI=1S/C15H15BrN4O/c16-14-8-12(13(17)9-18-14)15(21)19-10-3-1-4-11(7-10)20-5-2-6-20/h1,3-4,7-9H,2,5-6,17H2,(H,19,21). The lowest BCUT2D eigenvalue weighted by molar-refractivity contribution is 0.102. The molecule has 0 radical (unpaired) electrons. The number of nitrogen functional groups attached to an aromatic ring is 1. The van der Waals surface area contributed by atoms with Crippen LogP contribution in [0.15, 0.2) is 41.1 Å². The molecule has 0 atom stereocenters. The fourth-order valence-electron chi connectivity index (χ4n) is 2.19. The second kappa shape index (κ2) is 5.73. The summed E-state index contributed by atoms with van der Waals surface area (Å²) >= 11 is 3.24. The first-order valence-electron chi connectivity index (χ1n) is 6.71. The highest BCUT2D eigenvalue weighted by Crippen LogP contribution is 2.24. The fraction of sp³-hybridized carbons (Fsp3) is 0.200. The summed E-state index contributed by atoms with van der Waals surface area (Å²) < 4.78 is 0.580. The van der Waals surface area contributed by atoms with Gasteiger partial charge in [0.05, 0.1) is 17.4 Å². The monoisotopic (exact) mass is 346 g/mol. The van der Waals surface area contributed by atoms with E-state index in [1.54, 1.807) is 6.07 Å². The Labute approximate surface area is 131 Å². The summed E-state index contributed by atoms with van der Waals surface area (Å²) in [5.41, 5.74) is 8.45. The van der Waals surface area contributed by atoms with Gasteiger partial charge in [-0.3, -0.25) is 4.79 Å². The summed E-state index contributed by atoms with van der Waals surface area (Å²) in [5.74, 6) is -0.239. The van der Waals surface area contributed by atoms with Gasteiger partial charge in [-0.25, -0.2) is 4.98 Å². The van der Waals surface area contributed by atoms with Gasteiger partial charge < -0.3 is 16.0 Å². The van der Waals surface area contributed by atoms with Crippen LogP contribution in [0.3, 0.4) is 0 Å². The van der Waals surface area contributed by atoms with Crippen molar-refractivity contribution in [2.24, 2.45) is 0 Å². The van der Waals surface area contributed by atoms with Crippen LogP contribution in [0.25, 0.3) is 0 Å². The number of benzene rings is 1. The molecule has 2 heterocycles. The topological polar surface area (TPSA) is 71.2 Å². The Hall–Kier alpha value is -2.08. The number of carbonyl (C=O) groups is 1. The van der Waals surface area contributed by atoms with Crippen LogP contribution >= 0.6 is 15.9 Å². The molecule has 5 nitrogen and oxygen atoms in total. The molecule has 1 aromatic heterocycles. The van der Waals surface area contributed by atoms with Crippen molar-refractivity contribution in [3.05, 3.63) is 46.7 Å². The summed E-state index contributed by atoms with van der Waals surface area (Å²) in [6, 6.07) is 9.45. The molecule has 0 unspecified atom stereocenters. The van der Waals surface area contributed by atoms with E-state index < -0.39 is 0 Å². The highest BCUT2D eigenvalue weighted by atomic mass is 79.9. The molecule has 3 rings (SSSR count). The number of halogens is 1. The maximum absolute atomic E-state index is 12.3. The van der Waals surface area contributed by atoms with E-state index in [4.69, 9.17) is 5.73 Å². The zero-order chi connectivity index (χ0) is 14.8. The molecule has 1 saturated heterocycles. The van der Waals surface area contributed by atoms with E-state index >= 15 is 0 Å². The summed E-state index contributed by atoms with van der Waals surface area (Å²) in [4.78, 5) is 18.6. The Morgan fingerprint density at radius 1 is 1.33 bits per heavy atom. The Bertz CT molecular complexity index is 685. The Kier molecular flexibility index (Phi) is 3.79. The molecule has 1 fully saturated rings. The highest BCUT2D eigenvalue weighted by molar-refractivity contribution is 9.10. The van der Waals surface area contributed by atoms with Crippen molar-refractivity contribution in [2.75, 3.05) is 29.0 Å². The smallest absolute Gasteiger partial charge is 0.257 e. The van der Waals surface area contributed by atoms with Crippen LogP contribution in [-0.4, -0.2) is 24.0 Å². The maximum atomic E-state index is 12.3. The number of nitrogens with two attached hydrogens (primary N) is 1. The van der Waals surface area contributed by atoms with Gasteiger partial charge in [0.15, 0.2) is 0 Å². The first-order chi connectivity index (χ1) is 10.1. The molecule has 0 aliphatic carbocycles. The second-order valence-corrected chi connectivity index (χ2v) is 5.75. The lowest BCUT2D eigenvalue weighted by Crippen LogP contribution is -2.36. The normalized spacial score (nSPS) is 13.7. The van der Waals surface area contributed by atoms with Crippen LogP contribution in [0.5, 0.6) is 0 Å². The number of carbonyl (C=O) groups excluding carboxylic acids is 1. The lowest BCUT2D eigenvalue weighted by atomic mass is 10.1. The molecule has 21 heavy (non-hydrogen) atoms. The molecule has 0 bridgehead atoms. The van der Waals surface area contributed by atoms with Crippen LogP contribution < -0.4 is 16.0 Å². The minimum atomic E-state index is -0.239. The van der Waals surface area contributed by atoms with Crippen LogP contribution in [0.4, 0.5) is 17.1 Å². The van der Waals surface area contributed by atoms with Crippen molar-refractivity contribution >= 4 is 38.9 Å². The predicted octanol–water partition coefficient (Wildman–Crippen LogP) is 2.89. The number of nitrogens with one attached hydrogen (secondary N) is 1. The van der Waals surface area contributed by atoms with Gasteiger partial charge in [0.2, 0.25) is 0 Å². The average Bonchev–Trinajstić information content (AvgIpc) is 2.40. The van der Waals surface area contributed by atoms with E-state index in [1.165, 1.54) is 12.6 Å². The second-order valence-electron chi connectivity index (χ2n) is 4.94. The van der Waals surface area contributed by atoms with Crippen molar-refractivity contribution in [3.8, 4) is 0 Å². The molecule has 1 amide bonds.